The summed E-state index contributed by atoms with van der Waals surface area (Å²) in [5.74, 6) is 0. The molecule has 2 rings (SSSR count). The van der Waals surface area contributed by atoms with Gasteiger partial charge in [0.15, 0.2) is 0 Å². The van der Waals surface area contributed by atoms with E-state index >= 15 is 0 Å². The molecule has 0 radical (unpaired) electrons. The number of ether oxygens (including phenoxy) is 1. The number of halogens is 1. The Balaban J connectivity index is 2.10. The number of likely N-dealkylation sites (tertiary alicyclic amines) is 1. The van der Waals surface area contributed by atoms with Gasteiger partial charge in [0.25, 0.3) is 0 Å². The van der Waals surface area contributed by atoms with E-state index in [-0.39, 0.29) is 5.60 Å². The topological polar surface area (TPSA) is 38.5 Å². The fourth-order valence-electron chi connectivity index (χ4n) is 2.58. The van der Waals surface area contributed by atoms with Crippen LogP contribution in [0.3, 0.4) is 0 Å². The van der Waals surface area contributed by atoms with Crippen molar-refractivity contribution < 1.29 is 4.74 Å². The van der Waals surface area contributed by atoms with Gasteiger partial charge in [0.2, 0.25) is 0 Å². The number of nitrogens with zero attached hydrogens (tertiary/aromatic N) is 1. The van der Waals surface area contributed by atoms with Crippen molar-refractivity contribution in [3.63, 3.8) is 0 Å². The first-order valence-corrected chi connectivity index (χ1v) is 7.14. The number of piperidine rings is 1. The summed E-state index contributed by atoms with van der Waals surface area (Å²) in [5, 5.41) is 0. The molecule has 1 fully saturated rings. The highest BCUT2D eigenvalue weighted by Crippen LogP contribution is 2.28. The van der Waals surface area contributed by atoms with E-state index in [1.165, 1.54) is 12.0 Å². The number of nitrogens with two attached hydrogens (primary N) is 1. The fourth-order valence-corrected chi connectivity index (χ4v) is 3.08. The minimum atomic E-state index is -0.0196. The highest BCUT2D eigenvalue weighted by atomic mass is 79.9. The molecule has 0 saturated carbocycles. The molecule has 0 aromatic heterocycles. The van der Waals surface area contributed by atoms with Crippen LogP contribution in [0.15, 0.2) is 22.7 Å². The van der Waals surface area contributed by atoms with Crippen LogP contribution in [-0.4, -0.2) is 30.7 Å². The number of nitrogen functional groups attached to an aromatic ring is 1. The van der Waals surface area contributed by atoms with Gasteiger partial charge in [-0.15, -0.1) is 0 Å². The molecule has 1 heterocycles. The Labute approximate surface area is 117 Å². The van der Waals surface area contributed by atoms with Crippen LogP contribution in [0.5, 0.6) is 0 Å². The number of benzene rings is 1. The number of hydrogen-bond acceptors (Lipinski definition) is 3. The first-order chi connectivity index (χ1) is 8.54. The Kier molecular flexibility index (Phi) is 4.30. The van der Waals surface area contributed by atoms with Gasteiger partial charge in [-0.2, -0.15) is 0 Å². The predicted octanol–water partition coefficient (Wildman–Crippen LogP) is 3.03. The monoisotopic (exact) mass is 312 g/mol. The summed E-state index contributed by atoms with van der Waals surface area (Å²) in [5.41, 5.74) is 8.07. The normalized spacial score (nSPS) is 25.3. The molecule has 1 unspecified atom stereocenters. The Morgan fingerprint density at radius 2 is 2.28 bits per heavy atom. The van der Waals surface area contributed by atoms with Gasteiger partial charge in [-0.05, 0) is 38.4 Å². The van der Waals surface area contributed by atoms with E-state index < -0.39 is 0 Å². The molecular formula is C14H21BrN2O. The Morgan fingerprint density at radius 3 is 2.94 bits per heavy atom. The Bertz CT molecular complexity index is 404. The van der Waals surface area contributed by atoms with E-state index in [0.29, 0.717) is 0 Å². The van der Waals surface area contributed by atoms with Crippen LogP contribution in [0.25, 0.3) is 0 Å². The highest BCUT2D eigenvalue weighted by molar-refractivity contribution is 9.10. The van der Waals surface area contributed by atoms with Crippen LogP contribution in [0.2, 0.25) is 0 Å². The van der Waals surface area contributed by atoms with Crippen LogP contribution in [-0.2, 0) is 11.3 Å². The third-order valence-electron chi connectivity index (χ3n) is 3.77. The zero-order chi connectivity index (χ0) is 13.2. The summed E-state index contributed by atoms with van der Waals surface area (Å²) in [6.07, 6.45) is 2.31. The van der Waals surface area contributed by atoms with E-state index in [1.54, 1.807) is 7.11 Å². The molecule has 1 aromatic carbocycles. The SMILES string of the molecule is COC1(C)CCCN(Cc2c(N)cccc2Br)C1. The minimum absolute atomic E-state index is 0.0196. The molecule has 4 heteroatoms. The van der Waals surface area contributed by atoms with Gasteiger partial charge in [0.05, 0.1) is 5.60 Å². The van der Waals surface area contributed by atoms with E-state index in [4.69, 9.17) is 10.5 Å². The van der Waals surface area contributed by atoms with Gasteiger partial charge in [-0.3, -0.25) is 4.90 Å². The third kappa shape index (κ3) is 3.05. The van der Waals surface area contributed by atoms with E-state index in [2.05, 4.69) is 27.8 Å². The minimum Gasteiger partial charge on any atom is -0.398 e. The molecule has 0 amide bonds. The van der Waals surface area contributed by atoms with E-state index in [1.807, 2.05) is 18.2 Å². The quantitative estimate of drug-likeness (QED) is 0.872. The van der Waals surface area contributed by atoms with Gasteiger partial charge in [-0.1, -0.05) is 22.0 Å². The number of methoxy groups -OCH3 is 1. The second-order valence-electron chi connectivity index (χ2n) is 5.28. The lowest BCUT2D eigenvalue weighted by Crippen LogP contribution is -2.46. The molecular weight excluding hydrogens is 292 g/mol. The molecule has 2 N–H and O–H groups in total. The average molecular weight is 313 g/mol. The van der Waals surface area contributed by atoms with Crippen molar-refractivity contribution in [1.29, 1.82) is 0 Å². The summed E-state index contributed by atoms with van der Waals surface area (Å²) >= 11 is 3.58. The predicted molar refractivity (Wildman–Crippen MR) is 78.5 cm³/mol. The van der Waals surface area contributed by atoms with Gasteiger partial charge in [0.1, 0.15) is 0 Å². The number of rotatable bonds is 3. The van der Waals surface area contributed by atoms with Gasteiger partial charge in [0, 0.05) is 35.9 Å². The lowest BCUT2D eigenvalue weighted by atomic mass is 9.94. The summed E-state index contributed by atoms with van der Waals surface area (Å²) in [7, 11) is 1.80. The smallest absolute Gasteiger partial charge is 0.0777 e. The molecule has 1 aliphatic heterocycles. The molecule has 100 valence electrons. The van der Waals surface area contributed by atoms with Crippen molar-refractivity contribution in [3.8, 4) is 0 Å². The van der Waals surface area contributed by atoms with E-state index in [9.17, 15) is 0 Å². The summed E-state index contributed by atoms with van der Waals surface area (Å²) in [4.78, 5) is 2.42. The molecule has 0 aliphatic carbocycles. The Hall–Kier alpha value is -0.580. The number of hydrogen-bond donors (Lipinski definition) is 1. The lowest BCUT2D eigenvalue weighted by molar-refractivity contribution is -0.0527. The van der Waals surface area contributed by atoms with Crippen LogP contribution in [0, 0.1) is 0 Å². The van der Waals surface area contributed by atoms with Gasteiger partial charge >= 0.3 is 0 Å². The summed E-state index contributed by atoms with van der Waals surface area (Å²) in [6, 6.07) is 5.98. The molecule has 0 bridgehead atoms. The summed E-state index contributed by atoms with van der Waals surface area (Å²) in [6.45, 7) is 5.14. The zero-order valence-electron chi connectivity index (χ0n) is 11.1. The first kappa shape index (κ1) is 13.8. The Morgan fingerprint density at radius 1 is 1.50 bits per heavy atom. The van der Waals surface area contributed by atoms with Crippen molar-refractivity contribution in [3.05, 3.63) is 28.2 Å². The third-order valence-corrected chi connectivity index (χ3v) is 4.51. The van der Waals surface area contributed by atoms with Crippen molar-refractivity contribution in [2.45, 2.75) is 31.9 Å². The van der Waals surface area contributed by atoms with Crippen LogP contribution in [0.1, 0.15) is 25.3 Å². The maximum atomic E-state index is 6.05. The molecule has 1 aliphatic rings. The zero-order valence-corrected chi connectivity index (χ0v) is 12.7. The maximum Gasteiger partial charge on any atom is 0.0777 e. The van der Waals surface area contributed by atoms with Crippen LogP contribution in [0.4, 0.5) is 5.69 Å². The molecule has 1 atom stereocenters. The molecule has 0 spiro atoms. The molecule has 18 heavy (non-hydrogen) atoms. The maximum absolute atomic E-state index is 6.05. The van der Waals surface area contributed by atoms with Crippen molar-refractivity contribution >= 4 is 21.6 Å². The summed E-state index contributed by atoms with van der Waals surface area (Å²) < 4.78 is 6.71. The van der Waals surface area contributed by atoms with Gasteiger partial charge in [-0.25, -0.2) is 0 Å². The van der Waals surface area contributed by atoms with Crippen LogP contribution >= 0.6 is 15.9 Å². The van der Waals surface area contributed by atoms with Crippen molar-refractivity contribution in [2.75, 3.05) is 25.9 Å². The second-order valence-corrected chi connectivity index (χ2v) is 6.13. The average Bonchev–Trinajstić information content (AvgIpc) is 2.34. The van der Waals surface area contributed by atoms with Crippen LogP contribution < -0.4 is 5.73 Å². The molecule has 3 nitrogen and oxygen atoms in total. The van der Waals surface area contributed by atoms with Crippen molar-refractivity contribution in [2.24, 2.45) is 0 Å². The molecule has 1 saturated heterocycles. The largest absolute Gasteiger partial charge is 0.398 e. The highest BCUT2D eigenvalue weighted by Gasteiger charge is 2.30. The fraction of sp³-hybridized carbons (Fsp3) is 0.571. The molecule has 1 aromatic rings. The van der Waals surface area contributed by atoms with Gasteiger partial charge < -0.3 is 10.5 Å². The van der Waals surface area contributed by atoms with Crippen molar-refractivity contribution in [1.82, 2.24) is 4.90 Å². The first-order valence-electron chi connectivity index (χ1n) is 6.34. The standard InChI is InChI=1S/C14H21BrN2O/c1-14(18-2)7-4-8-17(10-14)9-11-12(15)5-3-6-13(11)16/h3,5-6H,4,7-10,16H2,1-2H3. The number of anilines is 1. The second kappa shape index (κ2) is 5.59. The van der Waals surface area contributed by atoms with E-state index in [0.717, 1.165) is 36.2 Å². The lowest BCUT2D eigenvalue weighted by Gasteiger charge is -2.39.